The number of ether oxygens (including phenoxy) is 1. The predicted octanol–water partition coefficient (Wildman–Crippen LogP) is 3.39. The van der Waals surface area contributed by atoms with Gasteiger partial charge in [0.25, 0.3) is 0 Å². The molecule has 2 heteroatoms. The highest BCUT2D eigenvalue weighted by Crippen LogP contribution is 2.19. The number of benzene rings is 1. The van der Waals surface area contributed by atoms with Crippen LogP contribution < -0.4 is 10.1 Å². The fourth-order valence-corrected chi connectivity index (χ4v) is 1.59. The average Bonchev–Trinajstić information content (AvgIpc) is 2.28. The van der Waals surface area contributed by atoms with Gasteiger partial charge in [-0.25, -0.2) is 0 Å². The number of nitrogens with one attached hydrogen (secondary N) is 1. The van der Waals surface area contributed by atoms with Crippen molar-refractivity contribution in [1.82, 2.24) is 5.32 Å². The second-order valence-electron chi connectivity index (χ2n) is 4.70. The van der Waals surface area contributed by atoms with Crippen LogP contribution in [0, 0.1) is 5.92 Å². The molecule has 2 nitrogen and oxygen atoms in total. The smallest absolute Gasteiger partial charge is 0.119 e. The highest BCUT2D eigenvalue weighted by atomic mass is 16.5. The molecule has 0 aliphatic rings. The van der Waals surface area contributed by atoms with E-state index in [9.17, 15) is 0 Å². The predicted molar refractivity (Wildman–Crippen MR) is 68.8 cm³/mol. The summed E-state index contributed by atoms with van der Waals surface area (Å²) in [6.45, 7) is 8.88. The monoisotopic (exact) mass is 221 g/mol. The molecule has 0 bridgehead atoms. The molecule has 1 rings (SSSR count). The Balaban J connectivity index is 2.68. The van der Waals surface area contributed by atoms with Crippen LogP contribution in [0.1, 0.15) is 39.3 Å². The van der Waals surface area contributed by atoms with Gasteiger partial charge in [0.2, 0.25) is 0 Å². The van der Waals surface area contributed by atoms with Crippen molar-refractivity contribution in [3.8, 4) is 5.75 Å². The Labute approximate surface area is 99.0 Å². The molecule has 0 fully saturated rings. The van der Waals surface area contributed by atoms with Crippen molar-refractivity contribution >= 4 is 0 Å². The summed E-state index contributed by atoms with van der Waals surface area (Å²) in [5.41, 5.74) is 1.27. The van der Waals surface area contributed by atoms with Crippen LogP contribution >= 0.6 is 0 Å². The summed E-state index contributed by atoms with van der Waals surface area (Å²) in [5, 5.41) is 3.59. The average molecular weight is 221 g/mol. The van der Waals surface area contributed by atoms with Gasteiger partial charge in [0, 0.05) is 12.1 Å². The Morgan fingerprint density at radius 2 is 1.81 bits per heavy atom. The van der Waals surface area contributed by atoms with E-state index in [0.717, 1.165) is 5.75 Å². The highest BCUT2D eigenvalue weighted by Gasteiger charge is 2.12. The third-order valence-electron chi connectivity index (χ3n) is 3.11. The number of hydrogen-bond acceptors (Lipinski definition) is 2. The van der Waals surface area contributed by atoms with E-state index >= 15 is 0 Å². The molecule has 1 aromatic carbocycles. The summed E-state index contributed by atoms with van der Waals surface area (Å²) < 4.78 is 5.23. The third kappa shape index (κ3) is 3.53. The molecule has 0 radical (unpaired) electrons. The lowest BCUT2D eigenvalue weighted by molar-refractivity contribution is 0.386. The zero-order valence-electron chi connectivity index (χ0n) is 10.9. The molecule has 0 amide bonds. The first-order valence-electron chi connectivity index (χ1n) is 5.94. The van der Waals surface area contributed by atoms with E-state index in [4.69, 9.17) is 4.74 Å². The van der Waals surface area contributed by atoms with Gasteiger partial charge in [-0.2, -0.15) is 0 Å². The van der Waals surface area contributed by atoms with E-state index in [-0.39, 0.29) is 0 Å². The van der Waals surface area contributed by atoms with Crippen LogP contribution in [-0.2, 0) is 0 Å². The molecule has 1 N–H and O–H groups in total. The minimum absolute atomic E-state index is 0.354. The molecule has 0 heterocycles. The summed E-state index contributed by atoms with van der Waals surface area (Å²) in [4.78, 5) is 0. The summed E-state index contributed by atoms with van der Waals surface area (Å²) in [7, 11) is 1.70. The first-order chi connectivity index (χ1) is 7.54. The maximum Gasteiger partial charge on any atom is 0.119 e. The van der Waals surface area contributed by atoms with E-state index < -0.39 is 0 Å². The Hall–Kier alpha value is -1.02. The lowest BCUT2D eigenvalue weighted by atomic mass is 10.0. The number of rotatable bonds is 5. The van der Waals surface area contributed by atoms with Gasteiger partial charge in [-0.15, -0.1) is 0 Å². The first kappa shape index (κ1) is 13.0. The first-order valence-corrected chi connectivity index (χ1v) is 5.94. The number of hydrogen-bond donors (Lipinski definition) is 1. The molecule has 0 aliphatic heterocycles. The summed E-state index contributed by atoms with van der Waals surface area (Å²) >= 11 is 0. The lowest BCUT2D eigenvalue weighted by Crippen LogP contribution is -2.32. The fraction of sp³-hybridized carbons (Fsp3) is 0.571. The molecule has 0 aliphatic carbocycles. The minimum Gasteiger partial charge on any atom is -0.497 e. The molecule has 0 saturated carbocycles. The van der Waals surface area contributed by atoms with Crippen molar-refractivity contribution in [3.63, 3.8) is 0 Å². The lowest BCUT2D eigenvalue weighted by Gasteiger charge is -2.23. The Morgan fingerprint density at radius 3 is 2.38 bits per heavy atom. The molecule has 16 heavy (non-hydrogen) atoms. The van der Waals surface area contributed by atoms with Gasteiger partial charge < -0.3 is 10.1 Å². The highest BCUT2D eigenvalue weighted by molar-refractivity contribution is 5.30. The molecule has 0 spiro atoms. The summed E-state index contributed by atoms with van der Waals surface area (Å²) in [6, 6.07) is 9.10. The van der Waals surface area contributed by atoms with Gasteiger partial charge in [0.05, 0.1) is 7.11 Å². The molecular weight excluding hydrogens is 198 g/mol. The van der Waals surface area contributed by atoms with Gasteiger partial charge in [0.1, 0.15) is 5.75 Å². The van der Waals surface area contributed by atoms with E-state index in [1.807, 2.05) is 12.1 Å². The maximum atomic E-state index is 5.23. The second kappa shape index (κ2) is 5.90. The van der Waals surface area contributed by atoms with E-state index in [1.54, 1.807) is 7.11 Å². The van der Waals surface area contributed by atoms with Crippen LogP contribution in [0.5, 0.6) is 5.75 Å². The van der Waals surface area contributed by atoms with Crippen molar-refractivity contribution in [2.75, 3.05) is 7.11 Å². The topological polar surface area (TPSA) is 21.3 Å². The zero-order chi connectivity index (χ0) is 12.1. The normalized spacial score (nSPS) is 14.9. The van der Waals surface area contributed by atoms with Crippen LogP contribution in [-0.4, -0.2) is 13.2 Å². The van der Waals surface area contributed by atoms with E-state index in [1.165, 1.54) is 5.56 Å². The Morgan fingerprint density at radius 1 is 1.12 bits per heavy atom. The third-order valence-corrected chi connectivity index (χ3v) is 3.11. The molecule has 1 aromatic rings. The standard InChI is InChI=1S/C14H23NO/c1-10(2)11(3)15-12(4)13-7-6-8-14(9-13)16-5/h6-12,15H,1-5H3. The molecule has 0 aromatic heterocycles. The molecule has 2 atom stereocenters. The van der Waals surface area contributed by atoms with E-state index in [0.29, 0.717) is 18.0 Å². The zero-order valence-corrected chi connectivity index (χ0v) is 10.9. The Bertz CT molecular complexity index is 322. The molecular formula is C14H23NO. The van der Waals surface area contributed by atoms with Crippen molar-refractivity contribution < 1.29 is 4.74 Å². The molecule has 0 saturated heterocycles. The SMILES string of the molecule is COc1cccc(C(C)NC(C)C(C)C)c1. The van der Waals surface area contributed by atoms with Crippen LogP contribution in [0.4, 0.5) is 0 Å². The second-order valence-corrected chi connectivity index (χ2v) is 4.70. The van der Waals surface area contributed by atoms with Crippen molar-refractivity contribution in [2.45, 2.75) is 39.8 Å². The van der Waals surface area contributed by atoms with Crippen LogP contribution in [0.2, 0.25) is 0 Å². The maximum absolute atomic E-state index is 5.23. The minimum atomic E-state index is 0.354. The molecule has 90 valence electrons. The van der Waals surface area contributed by atoms with Gasteiger partial charge in [-0.3, -0.25) is 0 Å². The van der Waals surface area contributed by atoms with Crippen molar-refractivity contribution in [1.29, 1.82) is 0 Å². The van der Waals surface area contributed by atoms with Crippen LogP contribution in [0.25, 0.3) is 0 Å². The van der Waals surface area contributed by atoms with Gasteiger partial charge in [-0.05, 0) is 37.5 Å². The Kier molecular flexibility index (Phi) is 4.81. The van der Waals surface area contributed by atoms with Crippen LogP contribution in [0.3, 0.4) is 0 Å². The molecule has 2 unspecified atom stereocenters. The van der Waals surface area contributed by atoms with Gasteiger partial charge in [0.15, 0.2) is 0 Å². The number of methoxy groups -OCH3 is 1. The largest absolute Gasteiger partial charge is 0.497 e. The van der Waals surface area contributed by atoms with Gasteiger partial charge >= 0.3 is 0 Å². The fourth-order valence-electron chi connectivity index (χ4n) is 1.59. The van der Waals surface area contributed by atoms with Gasteiger partial charge in [-0.1, -0.05) is 26.0 Å². The van der Waals surface area contributed by atoms with Crippen molar-refractivity contribution in [2.24, 2.45) is 5.92 Å². The summed E-state index contributed by atoms with van der Waals surface area (Å²) in [6.07, 6.45) is 0. The van der Waals surface area contributed by atoms with Crippen molar-refractivity contribution in [3.05, 3.63) is 29.8 Å². The summed E-state index contributed by atoms with van der Waals surface area (Å²) in [5.74, 6) is 1.57. The van der Waals surface area contributed by atoms with Crippen LogP contribution in [0.15, 0.2) is 24.3 Å². The van der Waals surface area contributed by atoms with E-state index in [2.05, 4.69) is 45.1 Å². The quantitative estimate of drug-likeness (QED) is 0.823.